The second-order valence-electron chi connectivity index (χ2n) is 4.39. The third-order valence-electron chi connectivity index (χ3n) is 2.95. The van der Waals surface area contributed by atoms with Gasteiger partial charge in [0.1, 0.15) is 5.82 Å². The van der Waals surface area contributed by atoms with Crippen LogP contribution in [-0.4, -0.2) is 5.11 Å². The van der Waals surface area contributed by atoms with Crippen LogP contribution >= 0.6 is 11.6 Å². The molecule has 0 saturated heterocycles. The van der Waals surface area contributed by atoms with E-state index < -0.39 is 0 Å². The number of benzene rings is 2. The topological polar surface area (TPSA) is 32.3 Å². The van der Waals surface area contributed by atoms with Crippen molar-refractivity contribution in [1.82, 2.24) is 0 Å². The van der Waals surface area contributed by atoms with Crippen LogP contribution in [0.3, 0.4) is 0 Å². The van der Waals surface area contributed by atoms with Crippen LogP contribution in [0.5, 0.6) is 0 Å². The van der Waals surface area contributed by atoms with Gasteiger partial charge < -0.3 is 10.4 Å². The van der Waals surface area contributed by atoms with Crippen molar-refractivity contribution in [1.29, 1.82) is 0 Å². The highest BCUT2D eigenvalue weighted by Crippen LogP contribution is 2.26. The van der Waals surface area contributed by atoms with Gasteiger partial charge in [0.25, 0.3) is 0 Å². The van der Waals surface area contributed by atoms with Gasteiger partial charge in [-0.2, -0.15) is 0 Å². The number of hydrogen-bond acceptors (Lipinski definition) is 2. The summed E-state index contributed by atoms with van der Waals surface area (Å²) in [6, 6.07) is 11.8. The van der Waals surface area contributed by atoms with Crippen LogP contribution in [0.2, 0.25) is 5.02 Å². The summed E-state index contributed by atoms with van der Waals surface area (Å²) < 4.78 is 13.0. The Hall–Kier alpha value is -1.58. The number of hydrogen-bond donors (Lipinski definition) is 2. The molecule has 2 nitrogen and oxygen atoms in total. The van der Waals surface area contributed by atoms with Gasteiger partial charge in [0.15, 0.2) is 0 Å². The Morgan fingerprint density at radius 2 is 1.89 bits per heavy atom. The van der Waals surface area contributed by atoms with Crippen LogP contribution < -0.4 is 5.32 Å². The molecule has 0 bridgehead atoms. The van der Waals surface area contributed by atoms with Crippen LogP contribution in [0.4, 0.5) is 10.1 Å². The Morgan fingerprint density at radius 3 is 2.47 bits per heavy atom. The fraction of sp³-hybridized carbons (Fsp3) is 0.200. The molecule has 2 aromatic carbocycles. The zero-order chi connectivity index (χ0) is 13.8. The highest BCUT2D eigenvalue weighted by molar-refractivity contribution is 6.31. The lowest BCUT2D eigenvalue weighted by atomic mass is 10.1. The predicted molar refractivity (Wildman–Crippen MR) is 75.8 cm³/mol. The molecular weight excluding hydrogens is 265 g/mol. The molecular formula is C15H15ClFNO. The van der Waals surface area contributed by atoms with E-state index in [1.165, 1.54) is 12.1 Å². The fourth-order valence-electron chi connectivity index (χ4n) is 1.89. The van der Waals surface area contributed by atoms with Gasteiger partial charge >= 0.3 is 0 Å². The number of aliphatic hydroxyl groups is 1. The summed E-state index contributed by atoms with van der Waals surface area (Å²) in [4.78, 5) is 0. The molecule has 100 valence electrons. The molecule has 19 heavy (non-hydrogen) atoms. The minimum absolute atomic E-state index is 0.0274. The highest BCUT2D eigenvalue weighted by atomic mass is 35.5. The maximum Gasteiger partial charge on any atom is 0.124 e. The van der Waals surface area contributed by atoms with E-state index in [-0.39, 0.29) is 18.5 Å². The SMILES string of the molecule is CC(Nc1ccc(CO)cc1)c1ccc(F)cc1Cl. The van der Waals surface area contributed by atoms with Gasteiger partial charge in [-0.05, 0) is 42.3 Å². The van der Waals surface area contributed by atoms with Crippen molar-refractivity contribution in [3.05, 3.63) is 64.4 Å². The Labute approximate surface area is 116 Å². The Kier molecular flexibility index (Phi) is 4.40. The molecule has 4 heteroatoms. The third kappa shape index (κ3) is 3.46. The summed E-state index contributed by atoms with van der Waals surface area (Å²) in [6.45, 7) is 1.98. The van der Waals surface area contributed by atoms with Gasteiger partial charge in [-0.3, -0.25) is 0 Å². The molecule has 2 aromatic rings. The number of aliphatic hydroxyl groups excluding tert-OH is 1. The Balaban J connectivity index is 2.13. The van der Waals surface area contributed by atoms with Crippen molar-refractivity contribution in [2.75, 3.05) is 5.32 Å². The average Bonchev–Trinajstić information content (AvgIpc) is 2.39. The first kappa shape index (κ1) is 13.8. The van der Waals surface area contributed by atoms with Crippen LogP contribution in [0, 0.1) is 5.82 Å². The summed E-state index contributed by atoms with van der Waals surface area (Å²) >= 11 is 6.03. The maximum absolute atomic E-state index is 13.0. The summed E-state index contributed by atoms with van der Waals surface area (Å²) in [7, 11) is 0. The molecule has 0 heterocycles. The number of anilines is 1. The van der Waals surface area contributed by atoms with E-state index >= 15 is 0 Å². The molecule has 0 saturated carbocycles. The molecule has 0 aromatic heterocycles. The molecule has 0 radical (unpaired) electrons. The van der Waals surface area contributed by atoms with Gasteiger partial charge in [-0.15, -0.1) is 0 Å². The quantitative estimate of drug-likeness (QED) is 0.881. The molecule has 0 aliphatic rings. The van der Waals surface area contributed by atoms with Gasteiger partial charge in [0, 0.05) is 16.8 Å². The largest absolute Gasteiger partial charge is 0.392 e. The van der Waals surface area contributed by atoms with E-state index in [4.69, 9.17) is 16.7 Å². The molecule has 2 N–H and O–H groups in total. The average molecular weight is 280 g/mol. The van der Waals surface area contributed by atoms with Gasteiger partial charge in [0.2, 0.25) is 0 Å². The van der Waals surface area contributed by atoms with Gasteiger partial charge in [-0.1, -0.05) is 29.8 Å². The minimum atomic E-state index is -0.340. The maximum atomic E-state index is 13.0. The van der Waals surface area contributed by atoms with E-state index in [0.717, 1.165) is 16.8 Å². The minimum Gasteiger partial charge on any atom is -0.392 e. The van der Waals surface area contributed by atoms with Crippen molar-refractivity contribution in [3.63, 3.8) is 0 Å². The zero-order valence-corrected chi connectivity index (χ0v) is 11.3. The van der Waals surface area contributed by atoms with Crippen molar-refractivity contribution in [2.24, 2.45) is 0 Å². The lowest BCUT2D eigenvalue weighted by Crippen LogP contribution is -2.07. The van der Waals surface area contributed by atoms with E-state index in [0.29, 0.717) is 5.02 Å². The first-order valence-corrected chi connectivity index (χ1v) is 6.39. The van der Waals surface area contributed by atoms with E-state index in [1.54, 1.807) is 6.07 Å². The number of nitrogens with one attached hydrogen (secondary N) is 1. The predicted octanol–water partition coefficient (Wildman–Crippen LogP) is 4.14. The third-order valence-corrected chi connectivity index (χ3v) is 3.28. The lowest BCUT2D eigenvalue weighted by molar-refractivity contribution is 0.282. The van der Waals surface area contributed by atoms with Crippen molar-refractivity contribution in [2.45, 2.75) is 19.6 Å². The molecule has 0 fully saturated rings. The second kappa shape index (κ2) is 6.04. The van der Waals surface area contributed by atoms with E-state index in [2.05, 4.69) is 5.32 Å². The smallest absolute Gasteiger partial charge is 0.124 e. The molecule has 0 spiro atoms. The van der Waals surface area contributed by atoms with Gasteiger partial charge in [-0.25, -0.2) is 4.39 Å². The second-order valence-corrected chi connectivity index (χ2v) is 4.79. The molecule has 2 rings (SSSR count). The van der Waals surface area contributed by atoms with Gasteiger partial charge in [0.05, 0.1) is 6.61 Å². The first-order chi connectivity index (χ1) is 9.10. The zero-order valence-electron chi connectivity index (χ0n) is 10.5. The van der Waals surface area contributed by atoms with Crippen molar-refractivity contribution in [3.8, 4) is 0 Å². The molecule has 1 unspecified atom stereocenters. The summed E-state index contributed by atoms with van der Waals surface area (Å²) in [5, 5.41) is 12.7. The van der Waals surface area contributed by atoms with Crippen molar-refractivity contribution < 1.29 is 9.50 Å². The normalized spacial score (nSPS) is 12.2. The summed E-state index contributed by atoms with van der Waals surface area (Å²) in [5.41, 5.74) is 2.62. The monoisotopic (exact) mass is 279 g/mol. The molecule has 0 aliphatic heterocycles. The van der Waals surface area contributed by atoms with E-state index in [9.17, 15) is 4.39 Å². The van der Waals surface area contributed by atoms with Crippen LogP contribution in [0.15, 0.2) is 42.5 Å². The number of halogens is 2. The summed E-state index contributed by atoms with van der Waals surface area (Å²) in [5.74, 6) is -0.340. The van der Waals surface area contributed by atoms with Crippen molar-refractivity contribution >= 4 is 17.3 Å². The highest BCUT2D eigenvalue weighted by Gasteiger charge is 2.10. The molecule has 0 amide bonds. The molecule has 0 aliphatic carbocycles. The molecule has 1 atom stereocenters. The Morgan fingerprint density at radius 1 is 1.21 bits per heavy atom. The number of rotatable bonds is 4. The fourth-order valence-corrected chi connectivity index (χ4v) is 2.22. The van der Waals surface area contributed by atoms with Crippen LogP contribution in [0.1, 0.15) is 24.1 Å². The van der Waals surface area contributed by atoms with E-state index in [1.807, 2.05) is 31.2 Å². The standard InChI is InChI=1S/C15H15ClFNO/c1-10(14-7-4-12(17)8-15(14)16)18-13-5-2-11(9-19)3-6-13/h2-8,10,18-19H,9H2,1H3. The Bertz CT molecular complexity index is 557. The first-order valence-electron chi connectivity index (χ1n) is 6.01. The summed E-state index contributed by atoms with van der Waals surface area (Å²) in [6.07, 6.45) is 0. The van der Waals surface area contributed by atoms with Crippen LogP contribution in [-0.2, 0) is 6.61 Å². The van der Waals surface area contributed by atoms with Crippen LogP contribution in [0.25, 0.3) is 0 Å². The lowest BCUT2D eigenvalue weighted by Gasteiger charge is -2.17.